The molecule has 0 saturated carbocycles. The van der Waals surface area contributed by atoms with Gasteiger partial charge in [-0.15, -0.1) is 0 Å². The van der Waals surface area contributed by atoms with Crippen molar-refractivity contribution in [3.05, 3.63) is 11.6 Å². The van der Waals surface area contributed by atoms with Crippen LogP contribution in [0.3, 0.4) is 0 Å². The lowest BCUT2D eigenvalue weighted by Gasteiger charge is -2.23. The maximum absolute atomic E-state index is 5.31. The largest absolute Gasteiger partial charge is 0.382 e. The Morgan fingerprint density at radius 3 is 2.75 bits per heavy atom. The van der Waals surface area contributed by atoms with Gasteiger partial charge in [-0.25, -0.2) is 0 Å². The first-order chi connectivity index (χ1) is 9.52. The molecule has 1 aliphatic heterocycles. The number of rotatable bonds is 8. The van der Waals surface area contributed by atoms with Crippen LogP contribution >= 0.6 is 0 Å². The molecule has 0 N–H and O–H groups in total. The van der Waals surface area contributed by atoms with E-state index in [-0.39, 0.29) is 0 Å². The highest BCUT2D eigenvalue weighted by Gasteiger charge is 2.23. The smallest absolute Gasteiger partial charge is 0.0704 e. The zero-order chi connectivity index (χ0) is 15.0. The van der Waals surface area contributed by atoms with Gasteiger partial charge in [-0.3, -0.25) is 5.01 Å². The van der Waals surface area contributed by atoms with Crippen LogP contribution in [0.25, 0.3) is 0 Å². The fourth-order valence-corrected chi connectivity index (χ4v) is 2.69. The summed E-state index contributed by atoms with van der Waals surface area (Å²) >= 11 is 0. The Morgan fingerprint density at radius 1 is 1.40 bits per heavy atom. The summed E-state index contributed by atoms with van der Waals surface area (Å²) in [6, 6.07) is 0.477. The predicted octanol–water partition coefficient (Wildman–Crippen LogP) is 4.25. The highest BCUT2D eigenvalue weighted by Crippen LogP contribution is 2.19. The van der Waals surface area contributed by atoms with E-state index in [1.165, 1.54) is 24.1 Å². The molecule has 1 fully saturated rings. The summed E-state index contributed by atoms with van der Waals surface area (Å²) in [7, 11) is 1.78. The molecule has 1 rings (SSSR count). The van der Waals surface area contributed by atoms with Crippen LogP contribution in [0.4, 0.5) is 0 Å². The molecule has 0 radical (unpaired) electrons. The van der Waals surface area contributed by atoms with Crippen LogP contribution in [0, 0.1) is 5.92 Å². The minimum absolute atomic E-state index is 0.477. The third kappa shape index (κ3) is 6.56. The van der Waals surface area contributed by atoms with E-state index < -0.39 is 0 Å². The normalized spacial score (nSPS) is 19.8. The maximum Gasteiger partial charge on any atom is 0.0704 e. The van der Waals surface area contributed by atoms with Crippen LogP contribution in [-0.4, -0.2) is 37.0 Å². The summed E-state index contributed by atoms with van der Waals surface area (Å²) in [4.78, 5) is 0. The number of hydrogen-bond acceptors (Lipinski definition) is 3. The molecule has 0 aliphatic carbocycles. The molecule has 0 amide bonds. The van der Waals surface area contributed by atoms with Crippen LogP contribution < -0.4 is 0 Å². The molecule has 0 aromatic carbocycles. The number of methoxy groups -OCH3 is 1. The number of hydrazone groups is 1. The van der Waals surface area contributed by atoms with Crippen LogP contribution in [-0.2, 0) is 4.74 Å². The van der Waals surface area contributed by atoms with Gasteiger partial charge in [-0.2, -0.15) is 5.10 Å². The average molecular weight is 280 g/mol. The summed E-state index contributed by atoms with van der Waals surface area (Å²) in [5, 5.41) is 7.22. The quantitative estimate of drug-likeness (QED) is 0.490. The van der Waals surface area contributed by atoms with Gasteiger partial charge in [0.15, 0.2) is 0 Å². The van der Waals surface area contributed by atoms with E-state index in [4.69, 9.17) is 9.84 Å². The van der Waals surface area contributed by atoms with Crippen LogP contribution in [0.15, 0.2) is 16.8 Å². The second-order valence-corrected chi connectivity index (χ2v) is 6.50. The molecular weight excluding hydrogens is 248 g/mol. The minimum Gasteiger partial charge on any atom is -0.382 e. The molecule has 0 aromatic rings. The van der Waals surface area contributed by atoms with Crippen molar-refractivity contribution in [3.8, 4) is 0 Å². The second kappa shape index (κ2) is 9.17. The number of hydrogen-bond donors (Lipinski definition) is 0. The molecule has 0 aromatic heterocycles. The van der Waals surface area contributed by atoms with Crippen molar-refractivity contribution >= 4 is 5.71 Å². The minimum atomic E-state index is 0.477. The lowest BCUT2D eigenvalue weighted by Crippen LogP contribution is -2.29. The third-order valence-electron chi connectivity index (χ3n) is 3.60. The summed E-state index contributed by atoms with van der Waals surface area (Å²) in [5.74, 6) is 0.670. The monoisotopic (exact) mass is 280 g/mol. The zero-order valence-corrected chi connectivity index (χ0v) is 14.0. The predicted molar refractivity (Wildman–Crippen MR) is 87.2 cm³/mol. The molecule has 20 heavy (non-hydrogen) atoms. The van der Waals surface area contributed by atoms with E-state index in [9.17, 15) is 0 Å². The Balaban J connectivity index is 2.64. The summed E-state index contributed by atoms with van der Waals surface area (Å²) in [5.41, 5.74) is 2.74. The van der Waals surface area contributed by atoms with Gasteiger partial charge in [0.2, 0.25) is 0 Å². The molecule has 3 heteroatoms. The van der Waals surface area contributed by atoms with Gasteiger partial charge in [0.25, 0.3) is 0 Å². The van der Waals surface area contributed by atoms with Crippen LogP contribution in [0.1, 0.15) is 59.8 Å². The Labute approximate surface area is 125 Å². The maximum atomic E-state index is 5.31. The first kappa shape index (κ1) is 17.2. The van der Waals surface area contributed by atoms with Gasteiger partial charge in [-0.05, 0) is 51.9 Å². The Morgan fingerprint density at radius 2 is 2.15 bits per heavy atom. The van der Waals surface area contributed by atoms with Gasteiger partial charge >= 0.3 is 0 Å². The molecular formula is C17H32N2O. The van der Waals surface area contributed by atoms with E-state index in [2.05, 4.69) is 38.8 Å². The van der Waals surface area contributed by atoms with Gasteiger partial charge in [0.05, 0.1) is 12.6 Å². The molecule has 0 unspecified atom stereocenters. The van der Waals surface area contributed by atoms with Crippen molar-refractivity contribution in [2.45, 2.75) is 65.8 Å². The fourth-order valence-electron chi connectivity index (χ4n) is 2.69. The van der Waals surface area contributed by atoms with Crippen molar-refractivity contribution in [1.29, 1.82) is 0 Å². The van der Waals surface area contributed by atoms with Gasteiger partial charge in [-0.1, -0.05) is 25.5 Å². The Kier molecular flexibility index (Phi) is 7.90. The molecule has 1 heterocycles. The zero-order valence-electron chi connectivity index (χ0n) is 14.0. The standard InChI is InChI=1S/C17H32N2O/c1-14(2)8-6-9-16(12-15(3)4)18-19-11-7-10-17(19)13-20-5/h8,15,17H,6-7,9-13H2,1-5H3/b18-16-/t17-/m1/s1. The summed E-state index contributed by atoms with van der Waals surface area (Å²) < 4.78 is 5.31. The fraction of sp³-hybridized carbons (Fsp3) is 0.824. The molecule has 1 aliphatic rings. The highest BCUT2D eigenvalue weighted by atomic mass is 16.5. The number of nitrogens with zero attached hydrogens (tertiary/aromatic N) is 2. The summed E-state index contributed by atoms with van der Waals surface area (Å²) in [6.45, 7) is 10.7. The van der Waals surface area contributed by atoms with Crippen molar-refractivity contribution in [2.75, 3.05) is 20.3 Å². The van der Waals surface area contributed by atoms with Crippen molar-refractivity contribution < 1.29 is 4.74 Å². The highest BCUT2D eigenvalue weighted by molar-refractivity contribution is 5.84. The molecule has 1 atom stereocenters. The van der Waals surface area contributed by atoms with Crippen molar-refractivity contribution in [2.24, 2.45) is 11.0 Å². The third-order valence-corrected chi connectivity index (χ3v) is 3.60. The summed E-state index contributed by atoms with van der Waals surface area (Å²) in [6.07, 6.45) is 8.05. The van der Waals surface area contributed by atoms with Crippen molar-refractivity contribution in [3.63, 3.8) is 0 Å². The molecule has 0 bridgehead atoms. The lowest BCUT2D eigenvalue weighted by molar-refractivity contribution is 0.117. The van der Waals surface area contributed by atoms with E-state index in [1.54, 1.807) is 7.11 Å². The van der Waals surface area contributed by atoms with Gasteiger partial charge in [0, 0.05) is 19.4 Å². The number of ether oxygens (including phenoxy) is 1. The van der Waals surface area contributed by atoms with E-state index in [1.807, 2.05) is 0 Å². The average Bonchev–Trinajstić information content (AvgIpc) is 2.76. The lowest BCUT2D eigenvalue weighted by atomic mass is 10.0. The topological polar surface area (TPSA) is 24.8 Å². The SMILES string of the molecule is COC[C@H]1CCCN1/N=C(/CCC=C(C)C)CC(C)C. The van der Waals surface area contributed by atoms with E-state index in [0.717, 1.165) is 32.4 Å². The number of allylic oxidation sites excluding steroid dienone is 2. The first-order valence-corrected chi connectivity index (χ1v) is 7.98. The van der Waals surface area contributed by atoms with Crippen LogP contribution in [0.2, 0.25) is 0 Å². The first-order valence-electron chi connectivity index (χ1n) is 7.98. The van der Waals surface area contributed by atoms with Gasteiger partial charge in [0.1, 0.15) is 0 Å². The van der Waals surface area contributed by atoms with Crippen molar-refractivity contribution in [1.82, 2.24) is 5.01 Å². The molecule has 116 valence electrons. The van der Waals surface area contributed by atoms with Gasteiger partial charge < -0.3 is 4.74 Å². The van der Waals surface area contributed by atoms with Crippen LogP contribution in [0.5, 0.6) is 0 Å². The Bertz CT molecular complexity index is 330. The molecule has 1 saturated heterocycles. The van der Waals surface area contributed by atoms with E-state index in [0.29, 0.717) is 12.0 Å². The molecule has 3 nitrogen and oxygen atoms in total. The Hall–Kier alpha value is -0.830. The van der Waals surface area contributed by atoms with E-state index >= 15 is 0 Å². The molecule has 0 spiro atoms. The second-order valence-electron chi connectivity index (χ2n) is 6.50.